The van der Waals surface area contributed by atoms with Crippen LogP contribution in [0, 0.1) is 0 Å². The summed E-state index contributed by atoms with van der Waals surface area (Å²) in [5, 5.41) is 2.16. The first-order valence-corrected chi connectivity index (χ1v) is 9.71. The molecule has 0 radical (unpaired) electrons. The first-order chi connectivity index (χ1) is 11.6. The number of benzene rings is 2. The maximum Gasteiger partial charge on any atom is 0.263 e. The highest BCUT2D eigenvalue weighted by atomic mass is 32.2. The Hall–Kier alpha value is -2.38. The first kappa shape index (κ1) is 16.5. The van der Waals surface area contributed by atoms with Crippen molar-refractivity contribution in [2.24, 2.45) is 0 Å². The van der Waals surface area contributed by atoms with Crippen LogP contribution in [-0.2, 0) is 10.0 Å². The van der Waals surface area contributed by atoms with E-state index in [2.05, 4.69) is 9.71 Å². The molecule has 0 aliphatic rings. The summed E-state index contributed by atoms with van der Waals surface area (Å²) >= 11 is 1.25. The van der Waals surface area contributed by atoms with Gasteiger partial charge in [0.25, 0.3) is 10.0 Å². The highest BCUT2D eigenvalue weighted by molar-refractivity contribution is 7.93. The maximum atomic E-state index is 12.4. The van der Waals surface area contributed by atoms with Crippen LogP contribution in [-0.4, -0.2) is 20.0 Å². The lowest BCUT2D eigenvalue weighted by molar-refractivity contribution is 0.340. The average Bonchev–Trinajstić information content (AvgIpc) is 3.04. The molecule has 124 valence electrons. The molecule has 0 fully saturated rings. The van der Waals surface area contributed by atoms with Gasteiger partial charge >= 0.3 is 0 Å². The van der Waals surface area contributed by atoms with E-state index >= 15 is 0 Å². The van der Waals surface area contributed by atoms with Gasteiger partial charge in [-0.2, -0.15) is 0 Å². The molecule has 3 aromatic rings. The van der Waals surface area contributed by atoms with Gasteiger partial charge in [0.1, 0.15) is 5.75 Å². The SMILES string of the molecule is CCOc1ccc(S(=O)(=O)Nc2nc(-c3ccccc3)cs2)cc1. The van der Waals surface area contributed by atoms with E-state index in [4.69, 9.17) is 4.74 Å². The molecule has 0 saturated carbocycles. The van der Waals surface area contributed by atoms with E-state index in [1.54, 1.807) is 12.1 Å². The van der Waals surface area contributed by atoms with Crippen molar-refractivity contribution in [2.45, 2.75) is 11.8 Å². The maximum absolute atomic E-state index is 12.4. The van der Waals surface area contributed by atoms with Gasteiger partial charge in [0.05, 0.1) is 17.2 Å². The molecule has 0 aliphatic carbocycles. The molecule has 0 atom stereocenters. The van der Waals surface area contributed by atoms with Crippen molar-refractivity contribution in [1.82, 2.24) is 4.98 Å². The number of thiazole rings is 1. The van der Waals surface area contributed by atoms with Crippen molar-refractivity contribution >= 4 is 26.5 Å². The minimum Gasteiger partial charge on any atom is -0.494 e. The molecule has 5 nitrogen and oxygen atoms in total. The number of nitrogens with one attached hydrogen (secondary N) is 1. The standard InChI is InChI=1S/C17H16N2O3S2/c1-2-22-14-8-10-15(11-9-14)24(20,21)19-17-18-16(12-23-17)13-6-4-3-5-7-13/h3-12H,2H2,1H3,(H,18,19). The molecule has 0 amide bonds. The average molecular weight is 360 g/mol. The van der Waals surface area contributed by atoms with Gasteiger partial charge in [0, 0.05) is 10.9 Å². The monoisotopic (exact) mass is 360 g/mol. The van der Waals surface area contributed by atoms with Gasteiger partial charge in [-0.1, -0.05) is 30.3 Å². The third kappa shape index (κ3) is 3.74. The molecule has 0 aliphatic heterocycles. The van der Waals surface area contributed by atoms with Crippen LogP contribution in [0.4, 0.5) is 5.13 Å². The Balaban J connectivity index is 1.78. The Bertz CT molecular complexity index is 905. The van der Waals surface area contributed by atoms with Crippen LogP contribution in [0.5, 0.6) is 5.75 Å². The van der Waals surface area contributed by atoms with Gasteiger partial charge < -0.3 is 4.74 Å². The Morgan fingerprint density at radius 3 is 2.46 bits per heavy atom. The Labute approximate surface area is 145 Å². The number of sulfonamides is 1. The molecule has 0 spiro atoms. The lowest BCUT2D eigenvalue weighted by Crippen LogP contribution is -2.12. The molecule has 1 N–H and O–H groups in total. The Morgan fingerprint density at radius 2 is 1.79 bits per heavy atom. The van der Waals surface area contributed by atoms with E-state index < -0.39 is 10.0 Å². The molecular weight excluding hydrogens is 344 g/mol. The Morgan fingerprint density at radius 1 is 1.08 bits per heavy atom. The predicted octanol–water partition coefficient (Wildman–Crippen LogP) is 4.01. The van der Waals surface area contributed by atoms with Crippen molar-refractivity contribution in [1.29, 1.82) is 0 Å². The highest BCUT2D eigenvalue weighted by Crippen LogP contribution is 2.26. The Kier molecular flexibility index (Phi) is 4.82. The summed E-state index contributed by atoms with van der Waals surface area (Å²) in [5.74, 6) is 0.636. The first-order valence-electron chi connectivity index (χ1n) is 7.35. The van der Waals surface area contributed by atoms with Crippen LogP contribution < -0.4 is 9.46 Å². The highest BCUT2D eigenvalue weighted by Gasteiger charge is 2.16. The van der Waals surface area contributed by atoms with Gasteiger partial charge in [-0.25, -0.2) is 13.4 Å². The minimum absolute atomic E-state index is 0.169. The molecule has 0 saturated heterocycles. The van der Waals surface area contributed by atoms with Crippen molar-refractivity contribution in [2.75, 3.05) is 11.3 Å². The molecule has 1 aromatic heterocycles. The number of nitrogens with zero attached hydrogens (tertiary/aromatic N) is 1. The normalized spacial score (nSPS) is 11.2. The summed E-state index contributed by atoms with van der Waals surface area (Å²) < 4.78 is 32.7. The molecule has 1 heterocycles. The van der Waals surface area contributed by atoms with Crippen LogP contribution in [0.25, 0.3) is 11.3 Å². The fraction of sp³-hybridized carbons (Fsp3) is 0.118. The number of anilines is 1. The summed E-state index contributed by atoms with van der Waals surface area (Å²) in [6, 6.07) is 15.9. The zero-order valence-electron chi connectivity index (χ0n) is 13.0. The van der Waals surface area contributed by atoms with Crippen LogP contribution >= 0.6 is 11.3 Å². The lowest BCUT2D eigenvalue weighted by atomic mass is 10.2. The summed E-state index contributed by atoms with van der Waals surface area (Å²) in [5.41, 5.74) is 1.69. The van der Waals surface area contributed by atoms with Crippen molar-refractivity contribution in [3.8, 4) is 17.0 Å². The van der Waals surface area contributed by atoms with E-state index in [1.807, 2.05) is 42.6 Å². The van der Waals surface area contributed by atoms with Crippen molar-refractivity contribution in [3.05, 3.63) is 60.0 Å². The second-order valence-electron chi connectivity index (χ2n) is 4.91. The largest absolute Gasteiger partial charge is 0.494 e. The summed E-state index contributed by atoms with van der Waals surface area (Å²) in [6.07, 6.45) is 0. The molecule has 2 aromatic carbocycles. The van der Waals surface area contributed by atoms with Gasteiger partial charge in [-0.3, -0.25) is 4.72 Å². The molecule has 7 heteroatoms. The molecule has 24 heavy (non-hydrogen) atoms. The van der Waals surface area contributed by atoms with E-state index in [0.717, 1.165) is 11.3 Å². The van der Waals surface area contributed by atoms with Gasteiger partial charge in [-0.15, -0.1) is 11.3 Å². The summed E-state index contributed by atoms with van der Waals surface area (Å²) in [6.45, 7) is 2.41. The number of hydrogen-bond acceptors (Lipinski definition) is 5. The van der Waals surface area contributed by atoms with Crippen LogP contribution in [0.1, 0.15) is 6.92 Å². The van der Waals surface area contributed by atoms with E-state index in [0.29, 0.717) is 17.5 Å². The molecule has 3 rings (SSSR count). The molecular formula is C17H16N2O3S2. The third-order valence-electron chi connectivity index (χ3n) is 3.24. The van der Waals surface area contributed by atoms with Crippen molar-refractivity contribution in [3.63, 3.8) is 0 Å². The van der Waals surface area contributed by atoms with Gasteiger partial charge in [0.15, 0.2) is 5.13 Å². The van der Waals surface area contributed by atoms with Gasteiger partial charge in [-0.05, 0) is 31.2 Å². The van der Waals surface area contributed by atoms with Gasteiger partial charge in [0.2, 0.25) is 0 Å². The smallest absolute Gasteiger partial charge is 0.263 e. The predicted molar refractivity (Wildman–Crippen MR) is 96.0 cm³/mol. The molecule has 0 unspecified atom stereocenters. The van der Waals surface area contributed by atoms with Crippen LogP contribution in [0.15, 0.2) is 64.9 Å². The fourth-order valence-corrected chi connectivity index (χ4v) is 4.09. The van der Waals surface area contributed by atoms with E-state index in [1.165, 1.54) is 23.5 Å². The second-order valence-corrected chi connectivity index (χ2v) is 7.45. The number of hydrogen-bond donors (Lipinski definition) is 1. The molecule has 0 bridgehead atoms. The van der Waals surface area contributed by atoms with E-state index in [9.17, 15) is 8.42 Å². The lowest BCUT2D eigenvalue weighted by Gasteiger charge is -2.07. The zero-order valence-corrected chi connectivity index (χ0v) is 14.6. The minimum atomic E-state index is -3.67. The summed E-state index contributed by atoms with van der Waals surface area (Å²) in [7, 11) is -3.67. The quantitative estimate of drug-likeness (QED) is 0.721. The second kappa shape index (κ2) is 7.02. The third-order valence-corrected chi connectivity index (χ3v) is 5.48. The van der Waals surface area contributed by atoms with Crippen LogP contribution in [0.3, 0.4) is 0 Å². The van der Waals surface area contributed by atoms with Crippen LogP contribution in [0.2, 0.25) is 0 Å². The number of rotatable bonds is 6. The van der Waals surface area contributed by atoms with Crippen molar-refractivity contribution < 1.29 is 13.2 Å². The zero-order chi connectivity index (χ0) is 17.0. The number of aromatic nitrogens is 1. The summed E-state index contributed by atoms with van der Waals surface area (Å²) in [4.78, 5) is 4.51. The topological polar surface area (TPSA) is 68.3 Å². The fourth-order valence-electron chi connectivity index (χ4n) is 2.12. The number of ether oxygens (including phenoxy) is 1. The van der Waals surface area contributed by atoms with E-state index in [-0.39, 0.29) is 4.90 Å².